The molecule has 0 aliphatic heterocycles. The molecule has 2 rings (SSSR count). The van der Waals surface area contributed by atoms with E-state index in [0.717, 1.165) is 5.82 Å². The molecule has 0 bridgehead atoms. The summed E-state index contributed by atoms with van der Waals surface area (Å²) in [6.45, 7) is 0. The van der Waals surface area contributed by atoms with Gasteiger partial charge in [-0.2, -0.15) is 16.9 Å². The Morgan fingerprint density at radius 2 is 2.43 bits per heavy atom. The summed E-state index contributed by atoms with van der Waals surface area (Å²) < 4.78 is 0. The zero-order valence-electron chi connectivity index (χ0n) is 7.99. The molecule has 4 nitrogen and oxygen atoms in total. The van der Waals surface area contributed by atoms with Crippen molar-refractivity contribution in [3.8, 4) is 0 Å². The molecule has 2 N–H and O–H groups in total. The molecule has 0 radical (unpaired) electrons. The molecule has 1 aromatic heterocycles. The molecule has 0 spiro atoms. The van der Waals surface area contributed by atoms with Crippen molar-refractivity contribution in [1.82, 2.24) is 10.2 Å². The summed E-state index contributed by atoms with van der Waals surface area (Å²) in [6, 6.07) is 3.71. The SMILES string of the molecule is CSC1CCC1Nc1ccc(=O)[nH]n1. The number of H-pyrrole nitrogens is 1. The highest BCUT2D eigenvalue weighted by Gasteiger charge is 2.29. The number of hydrogen-bond acceptors (Lipinski definition) is 4. The molecule has 1 saturated carbocycles. The summed E-state index contributed by atoms with van der Waals surface area (Å²) in [4.78, 5) is 10.8. The average molecular weight is 211 g/mol. The number of anilines is 1. The number of hydrogen-bond donors (Lipinski definition) is 2. The fraction of sp³-hybridized carbons (Fsp3) is 0.556. The first-order valence-electron chi connectivity index (χ1n) is 4.64. The van der Waals surface area contributed by atoms with Gasteiger partial charge in [0.25, 0.3) is 5.56 Å². The Hall–Kier alpha value is -0.970. The minimum atomic E-state index is -0.162. The summed E-state index contributed by atoms with van der Waals surface area (Å²) in [7, 11) is 0. The van der Waals surface area contributed by atoms with Gasteiger partial charge < -0.3 is 5.32 Å². The van der Waals surface area contributed by atoms with Gasteiger partial charge in [-0.1, -0.05) is 0 Å². The van der Waals surface area contributed by atoms with Gasteiger partial charge in [0.05, 0.1) is 0 Å². The van der Waals surface area contributed by atoms with E-state index in [0.29, 0.717) is 11.3 Å². The lowest BCUT2D eigenvalue weighted by Gasteiger charge is -2.36. The van der Waals surface area contributed by atoms with Gasteiger partial charge in [-0.15, -0.1) is 0 Å². The second kappa shape index (κ2) is 4.04. The van der Waals surface area contributed by atoms with Gasteiger partial charge in [-0.3, -0.25) is 4.79 Å². The van der Waals surface area contributed by atoms with Gasteiger partial charge in [0, 0.05) is 17.4 Å². The molecule has 1 fully saturated rings. The lowest BCUT2D eigenvalue weighted by Crippen LogP contribution is -2.41. The van der Waals surface area contributed by atoms with Crippen molar-refractivity contribution < 1.29 is 0 Å². The topological polar surface area (TPSA) is 57.8 Å². The molecule has 2 atom stereocenters. The third-order valence-corrected chi connectivity index (χ3v) is 3.70. The standard InChI is InChI=1S/C9H13N3OS/c1-14-7-3-2-6(7)10-8-4-5-9(13)12-11-8/h4-7H,2-3H2,1H3,(H,10,11)(H,12,13). The van der Waals surface area contributed by atoms with Crippen LogP contribution in [0.1, 0.15) is 12.8 Å². The first-order valence-corrected chi connectivity index (χ1v) is 5.93. The van der Waals surface area contributed by atoms with Crippen LogP contribution < -0.4 is 10.9 Å². The Morgan fingerprint density at radius 3 is 2.93 bits per heavy atom. The molecule has 14 heavy (non-hydrogen) atoms. The molecular formula is C9H13N3OS. The Labute approximate surface area is 86.5 Å². The van der Waals surface area contributed by atoms with Gasteiger partial charge in [0.1, 0.15) is 5.82 Å². The predicted molar refractivity (Wildman–Crippen MR) is 58.8 cm³/mol. The summed E-state index contributed by atoms with van der Waals surface area (Å²) in [6.07, 6.45) is 4.58. The highest BCUT2D eigenvalue weighted by Crippen LogP contribution is 2.31. The molecule has 0 aromatic carbocycles. The van der Waals surface area contributed by atoms with Crippen LogP contribution in [-0.2, 0) is 0 Å². The van der Waals surface area contributed by atoms with E-state index in [-0.39, 0.29) is 5.56 Å². The van der Waals surface area contributed by atoms with Gasteiger partial charge in [-0.05, 0) is 25.2 Å². The van der Waals surface area contributed by atoms with E-state index in [2.05, 4.69) is 21.8 Å². The Morgan fingerprint density at radius 1 is 1.57 bits per heavy atom. The fourth-order valence-corrected chi connectivity index (χ4v) is 2.44. The van der Waals surface area contributed by atoms with E-state index >= 15 is 0 Å². The highest BCUT2D eigenvalue weighted by molar-refractivity contribution is 7.99. The van der Waals surface area contributed by atoms with E-state index < -0.39 is 0 Å². The van der Waals surface area contributed by atoms with Crippen LogP contribution in [-0.4, -0.2) is 27.7 Å². The predicted octanol–water partition coefficient (Wildman–Crippen LogP) is 1.08. The largest absolute Gasteiger partial charge is 0.365 e. The molecule has 1 aromatic rings. The van der Waals surface area contributed by atoms with Crippen molar-refractivity contribution in [2.45, 2.75) is 24.1 Å². The number of nitrogens with one attached hydrogen (secondary N) is 2. The molecule has 5 heteroatoms. The van der Waals surface area contributed by atoms with E-state index in [4.69, 9.17) is 0 Å². The van der Waals surface area contributed by atoms with Crippen LogP contribution in [0.15, 0.2) is 16.9 Å². The minimum absolute atomic E-state index is 0.162. The third-order valence-electron chi connectivity index (χ3n) is 2.53. The molecule has 0 saturated heterocycles. The zero-order chi connectivity index (χ0) is 9.97. The van der Waals surface area contributed by atoms with Crippen molar-refractivity contribution in [1.29, 1.82) is 0 Å². The maximum Gasteiger partial charge on any atom is 0.264 e. The second-order valence-corrected chi connectivity index (χ2v) is 4.49. The Bertz CT molecular complexity index is 343. The number of nitrogens with zero attached hydrogens (tertiary/aromatic N) is 1. The lowest BCUT2D eigenvalue weighted by atomic mass is 9.92. The van der Waals surface area contributed by atoms with E-state index in [1.807, 2.05) is 11.8 Å². The molecule has 1 aliphatic carbocycles. The van der Waals surface area contributed by atoms with Crippen molar-refractivity contribution in [3.05, 3.63) is 22.5 Å². The smallest absolute Gasteiger partial charge is 0.264 e. The molecule has 2 unspecified atom stereocenters. The summed E-state index contributed by atoms with van der Waals surface area (Å²) >= 11 is 1.88. The van der Waals surface area contributed by atoms with Crippen molar-refractivity contribution in [2.24, 2.45) is 0 Å². The summed E-state index contributed by atoms with van der Waals surface area (Å²) in [5.41, 5.74) is -0.162. The first-order chi connectivity index (χ1) is 6.79. The van der Waals surface area contributed by atoms with E-state index in [1.54, 1.807) is 6.07 Å². The number of thioether (sulfide) groups is 1. The molecule has 1 aliphatic rings. The summed E-state index contributed by atoms with van der Waals surface area (Å²) in [5.74, 6) is 0.758. The third kappa shape index (κ3) is 1.92. The highest BCUT2D eigenvalue weighted by atomic mass is 32.2. The molecule has 1 heterocycles. The van der Waals surface area contributed by atoms with Crippen molar-refractivity contribution in [3.63, 3.8) is 0 Å². The van der Waals surface area contributed by atoms with Crippen LogP contribution in [0, 0.1) is 0 Å². The van der Waals surface area contributed by atoms with Gasteiger partial charge in [-0.25, -0.2) is 5.10 Å². The molecular weight excluding hydrogens is 198 g/mol. The van der Waals surface area contributed by atoms with Crippen LogP contribution >= 0.6 is 11.8 Å². The Balaban J connectivity index is 1.97. The minimum Gasteiger partial charge on any atom is -0.365 e. The second-order valence-electron chi connectivity index (χ2n) is 3.41. The van der Waals surface area contributed by atoms with Crippen molar-refractivity contribution in [2.75, 3.05) is 11.6 Å². The van der Waals surface area contributed by atoms with Gasteiger partial charge in [0.15, 0.2) is 0 Å². The maximum absolute atomic E-state index is 10.8. The number of aromatic amines is 1. The van der Waals surface area contributed by atoms with Crippen LogP contribution in [0.3, 0.4) is 0 Å². The number of rotatable bonds is 3. The average Bonchev–Trinajstić information content (AvgIpc) is 2.16. The zero-order valence-corrected chi connectivity index (χ0v) is 8.80. The van der Waals surface area contributed by atoms with Gasteiger partial charge >= 0.3 is 0 Å². The van der Waals surface area contributed by atoms with E-state index in [9.17, 15) is 4.79 Å². The lowest BCUT2D eigenvalue weighted by molar-refractivity contribution is 0.461. The first kappa shape index (κ1) is 9.58. The maximum atomic E-state index is 10.8. The van der Waals surface area contributed by atoms with Crippen LogP contribution in [0.2, 0.25) is 0 Å². The van der Waals surface area contributed by atoms with Gasteiger partial charge in [0.2, 0.25) is 0 Å². The van der Waals surface area contributed by atoms with Crippen LogP contribution in [0.4, 0.5) is 5.82 Å². The monoisotopic (exact) mass is 211 g/mol. The number of aromatic nitrogens is 2. The summed E-state index contributed by atoms with van der Waals surface area (Å²) in [5, 5.41) is 10.3. The normalized spacial score (nSPS) is 25.5. The molecule has 0 amide bonds. The van der Waals surface area contributed by atoms with Crippen molar-refractivity contribution >= 4 is 17.6 Å². The van der Waals surface area contributed by atoms with Crippen LogP contribution in [0.25, 0.3) is 0 Å². The molecule has 76 valence electrons. The van der Waals surface area contributed by atoms with E-state index in [1.165, 1.54) is 18.9 Å². The fourth-order valence-electron chi connectivity index (χ4n) is 1.53. The quantitative estimate of drug-likeness (QED) is 0.785. The Kier molecular flexibility index (Phi) is 2.77. The van der Waals surface area contributed by atoms with Crippen LogP contribution in [0.5, 0.6) is 0 Å².